The van der Waals surface area contributed by atoms with Crippen molar-refractivity contribution in [3.63, 3.8) is 0 Å². The Hall–Kier alpha value is 0.0969. The van der Waals surface area contributed by atoms with Crippen molar-refractivity contribution in [2.24, 2.45) is 39.9 Å². The topological polar surface area (TPSA) is 38.7 Å². The van der Waals surface area contributed by atoms with Crippen molar-refractivity contribution >= 4 is 8.32 Å². The molecule has 5 aliphatic rings. The van der Waals surface area contributed by atoms with Crippen molar-refractivity contribution in [3.8, 4) is 0 Å². The Labute approximate surface area is 185 Å². The van der Waals surface area contributed by atoms with Gasteiger partial charge < -0.3 is 14.3 Å². The average Bonchev–Trinajstić information content (AvgIpc) is 3.21. The highest BCUT2D eigenvalue weighted by molar-refractivity contribution is 6.74. The molecule has 30 heavy (non-hydrogen) atoms. The zero-order valence-electron chi connectivity index (χ0n) is 20.8. The molecule has 1 N–H and O–H groups in total. The van der Waals surface area contributed by atoms with Gasteiger partial charge in [0.1, 0.15) is 0 Å². The number of rotatable bonds is 3. The van der Waals surface area contributed by atoms with Crippen molar-refractivity contribution in [3.05, 3.63) is 0 Å². The van der Waals surface area contributed by atoms with Crippen LogP contribution in [0.5, 0.6) is 0 Å². The van der Waals surface area contributed by atoms with Crippen molar-refractivity contribution in [2.75, 3.05) is 7.11 Å². The molecule has 3 nitrogen and oxygen atoms in total. The molecule has 0 radical (unpaired) electrons. The lowest BCUT2D eigenvalue weighted by Crippen LogP contribution is -2.59. The van der Waals surface area contributed by atoms with Crippen LogP contribution in [0.1, 0.15) is 79.6 Å². The second kappa shape index (κ2) is 6.36. The normalized spacial score (nSPS) is 54.9. The highest BCUT2D eigenvalue weighted by atomic mass is 28.4. The van der Waals surface area contributed by atoms with E-state index in [0.29, 0.717) is 28.8 Å². The summed E-state index contributed by atoms with van der Waals surface area (Å²) in [5, 5.41) is 11.7. The number of ether oxygens (including phenoxy) is 1. The zero-order valence-corrected chi connectivity index (χ0v) is 21.8. The van der Waals surface area contributed by atoms with Crippen molar-refractivity contribution in [2.45, 2.75) is 116 Å². The van der Waals surface area contributed by atoms with Gasteiger partial charge in [-0.15, -0.1) is 0 Å². The maximum absolute atomic E-state index is 11.5. The van der Waals surface area contributed by atoms with Gasteiger partial charge in [-0.05, 0) is 97.6 Å². The van der Waals surface area contributed by atoms with Gasteiger partial charge in [0.05, 0.1) is 18.3 Å². The minimum Gasteiger partial charge on any atom is -0.413 e. The van der Waals surface area contributed by atoms with E-state index in [0.717, 1.165) is 24.7 Å². The lowest BCUT2D eigenvalue weighted by atomic mass is 9.46. The summed E-state index contributed by atoms with van der Waals surface area (Å²) >= 11 is 0. The third-order valence-electron chi connectivity index (χ3n) is 12.0. The Kier molecular flexibility index (Phi) is 4.65. The summed E-state index contributed by atoms with van der Waals surface area (Å²) in [6.45, 7) is 16.8. The Morgan fingerprint density at radius 2 is 1.70 bits per heavy atom. The van der Waals surface area contributed by atoms with E-state index in [1.807, 2.05) is 7.11 Å². The number of hydrogen-bond acceptors (Lipinski definition) is 3. The van der Waals surface area contributed by atoms with E-state index in [4.69, 9.17) is 9.16 Å². The van der Waals surface area contributed by atoms with E-state index in [2.05, 4.69) is 47.7 Å². The monoisotopic (exact) mass is 434 g/mol. The first kappa shape index (κ1) is 21.9. The Bertz CT molecular complexity index is 716. The van der Waals surface area contributed by atoms with Crippen LogP contribution in [0.2, 0.25) is 18.1 Å². The molecule has 5 aliphatic carbocycles. The van der Waals surface area contributed by atoms with E-state index >= 15 is 0 Å². The van der Waals surface area contributed by atoms with Crippen molar-refractivity contribution in [1.82, 2.24) is 0 Å². The zero-order chi connectivity index (χ0) is 21.9. The molecule has 0 saturated heterocycles. The predicted molar refractivity (Wildman–Crippen MR) is 124 cm³/mol. The van der Waals surface area contributed by atoms with Crippen LogP contribution in [0.15, 0.2) is 0 Å². The fourth-order valence-corrected chi connectivity index (χ4v) is 10.7. The molecule has 0 aliphatic heterocycles. The van der Waals surface area contributed by atoms with Gasteiger partial charge in [-0.3, -0.25) is 0 Å². The van der Waals surface area contributed by atoms with Crippen molar-refractivity contribution < 1.29 is 14.3 Å². The third-order valence-corrected chi connectivity index (χ3v) is 16.5. The van der Waals surface area contributed by atoms with E-state index < -0.39 is 8.32 Å². The van der Waals surface area contributed by atoms with Gasteiger partial charge in [-0.1, -0.05) is 34.6 Å². The molecule has 4 heteroatoms. The van der Waals surface area contributed by atoms with Crippen molar-refractivity contribution in [1.29, 1.82) is 0 Å². The summed E-state index contributed by atoms with van der Waals surface area (Å²) in [6, 6.07) is 0. The van der Waals surface area contributed by atoms with Crippen LogP contribution < -0.4 is 0 Å². The molecule has 0 amide bonds. The van der Waals surface area contributed by atoms with Crippen LogP contribution in [0, 0.1) is 39.9 Å². The van der Waals surface area contributed by atoms with E-state index in [1.54, 1.807) is 0 Å². The lowest BCUT2D eigenvalue weighted by Gasteiger charge is -2.61. The molecule has 0 aromatic rings. The van der Waals surface area contributed by atoms with Gasteiger partial charge in [-0.25, -0.2) is 0 Å². The SMILES string of the molecule is COC1CC2C3C(O)CC(O[Si](C)(C)C(C)(C)C)C3(C)CCC2C2(C)CCC3CC312. The molecule has 0 bridgehead atoms. The molecule has 10 unspecified atom stereocenters. The summed E-state index contributed by atoms with van der Waals surface area (Å²) in [5.41, 5.74) is 0.981. The van der Waals surface area contributed by atoms with Crippen LogP contribution in [0.25, 0.3) is 0 Å². The summed E-state index contributed by atoms with van der Waals surface area (Å²) in [4.78, 5) is 0. The number of aliphatic hydroxyl groups is 1. The second-order valence-corrected chi connectivity index (χ2v) is 18.6. The first-order valence-electron chi connectivity index (χ1n) is 12.7. The standard InChI is InChI=1S/C26H46O3Si/c1-23(2,3)30(7,8)29-20-14-19(27)22-17-13-21(28-6)26-15-16(26)9-12-25(26,5)18(17)10-11-24(20,22)4/h16-22,27H,9-15H2,1-8H3. The smallest absolute Gasteiger partial charge is 0.192 e. The average molecular weight is 435 g/mol. The Morgan fingerprint density at radius 3 is 2.30 bits per heavy atom. The fraction of sp³-hybridized carbons (Fsp3) is 1.00. The number of fused-ring (bicyclic) bond motifs is 4. The minimum atomic E-state index is -1.86. The first-order chi connectivity index (χ1) is 13.8. The largest absolute Gasteiger partial charge is 0.413 e. The van der Waals surface area contributed by atoms with Crippen LogP contribution in [-0.4, -0.2) is 38.8 Å². The molecule has 10 atom stereocenters. The maximum Gasteiger partial charge on any atom is 0.192 e. The highest BCUT2D eigenvalue weighted by Crippen LogP contribution is 2.82. The molecular weight excluding hydrogens is 388 g/mol. The number of aliphatic hydroxyl groups excluding tert-OH is 1. The molecular formula is C26H46O3Si. The van der Waals surface area contributed by atoms with Gasteiger partial charge in [0.25, 0.3) is 0 Å². The molecule has 0 heterocycles. The quantitative estimate of drug-likeness (QED) is 0.552. The highest BCUT2D eigenvalue weighted by Gasteiger charge is 2.78. The maximum atomic E-state index is 11.5. The Balaban J connectivity index is 1.46. The van der Waals surface area contributed by atoms with Gasteiger partial charge >= 0.3 is 0 Å². The number of hydrogen-bond donors (Lipinski definition) is 1. The van der Waals surface area contributed by atoms with Gasteiger partial charge in [0.15, 0.2) is 8.32 Å². The summed E-state index contributed by atoms with van der Waals surface area (Å²) in [7, 11) is 0.0846. The van der Waals surface area contributed by atoms with Gasteiger partial charge in [-0.2, -0.15) is 0 Å². The van der Waals surface area contributed by atoms with Gasteiger partial charge in [0.2, 0.25) is 0 Å². The molecule has 0 aromatic carbocycles. The molecule has 0 aromatic heterocycles. The molecule has 5 fully saturated rings. The van der Waals surface area contributed by atoms with E-state index in [9.17, 15) is 5.11 Å². The van der Waals surface area contributed by atoms with E-state index in [1.165, 1.54) is 32.1 Å². The van der Waals surface area contributed by atoms with Crippen LogP contribution in [0.4, 0.5) is 0 Å². The minimum absolute atomic E-state index is 0.108. The van der Waals surface area contributed by atoms with Crippen LogP contribution in [-0.2, 0) is 9.16 Å². The first-order valence-corrected chi connectivity index (χ1v) is 15.6. The predicted octanol–water partition coefficient (Wildman–Crippen LogP) is 6.02. The molecule has 5 rings (SSSR count). The summed E-state index contributed by atoms with van der Waals surface area (Å²) in [5.74, 6) is 2.63. The van der Waals surface area contributed by atoms with Crippen LogP contribution in [0.3, 0.4) is 0 Å². The van der Waals surface area contributed by atoms with E-state index in [-0.39, 0.29) is 22.7 Å². The Morgan fingerprint density at radius 1 is 1.00 bits per heavy atom. The molecule has 172 valence electrons. The van der Waals surface area contributed by atoms with Crippen LogP contribution >= 0.6 is 0 Å². The third kappa shape index (κ3) is 2.54. The lowest BCUT2D eigenvalue weighted by molar-refractivity contribution is -0.172. The summed E-state index contributed by atoms with van der Waals surface area (Å²) in [6.07, 6.45) is 9.11. The van der Waals surface area contributed by atoms with Gasteiger partial charge in [0, 0.05) is 12.5 Å². The fourth-order valence-electron chi connectivity index (χ4n) is 9.31. The number of methoxy groups -OCH3 is 1. The molecule has 1 spiro atoms. The second-order valence-electron chi connectivity index (χ2n) is 13.9. The molecule has 5 saturated carbocycles. The summed E-state index contributed by atoms with van der Waals surface area (Å²) < 4.78 is 13.3.